The van der Waals surface area contributed by atoms with Gasteiger partial charge in [-0.3, -0.25) is 14.5 Å². The molecule has 3 aromatic carbocycles. The molecule has 0 spiro atoms. The van der Waals surface area contributed by atoms with E-state index < -0.39 is 0 Å². The van der Waals surface area contributed by atoms with Crippen molar-refractivity contribution in [1.82, 2.24) is 4.90 Å². The molecule has 6 nitrogen and oxygen atoms in total. The summed E-state index contributed by atoms with van der Waals surface area (Å²) in [5.41, 5.74) is 3.02. The number of halogens is 1. The summed E-state index contributed by atoms with van der Waals surface area (Å²) in [6.07, 6.45) is 1.77. The molecule has 0 unspecified atom stereocenters. The van der Waals surface area contributed by atoms with Crippen LogP contribution in [0, 0.1) is 0 Å². The number of hydrogen-bond acceptors (Lipinski definition) is 5. The van der Waals surface area contributed by atoms with Crippen molar-refractivity contribution in [1.29, 1.82) is 0 Å². The molecule has 0 bridgehead atoms. The zero-order chi connectivity index (χ0) is 22.2. The molecule has 0 radical (unpaired) electrons. The number of methoxy groups -OCH3 is 1. The van der Waals surface area contributed by atoms with Crippen LogP contribution < -0.4 is 14.2 Å². The first-order valence-corrected chi connectivity index (χ1v) is 10.7. The molecule has 160 valence electrons. The number of carbonyl (C=O) groups excluding carboxylic acids is 2. The lowest BCUT2D eigenvalue weighted by Crippen LogP contribution is -2.41. The van der Waals surface area contributed by atoms with Gasteiger partial charge in [-0.1, -0.05) is 40.2 Å². The van der Waals surface area contributed by atoms with Gasteiger partial charge in [-0.25, -0.2) is 0 Å². The van der Waals surface area contributed by atoms with Gasteiger partial charge in [0.25, 0.3) is 11.8 Å². The average molecular weight is 492 g/mol. The molecule has 5 rings (SSSR count). The smallest absolute Gasteiger partial charge is 0.261 e. The molecule has 2 amide bonds. The van der Waals surface area contributed by atoms with Gasteiger partial charge in [0.1, 0.15) is 5.75 Å². The molecule has 3 aromatic rings. The molecule has 0 N–H and O–H groups in total. The molecule has 0 saturated heterocycles. The molecule has 2 heterocycles. The fraction of sp³-hybridized carbons (Fsp3) is 0.120. The van der Waals surface area contributed by atoms with Gasteiger partial charge in [-0.15, -0.1) is 0 Å². The number of rotatable bonds is 4. The van der Waals surface area contributed by atoms with Gasteiger partial charge in [-0.2, -0.15) is 0 Å². The molecule has 0 fully saturated rings. The molecule has 0 aliphatic carbocycles. The molecule has 32 heavy (non-hydrogen) atoms. The van der Waals surface area contributed by atoms with Crippen LogP contribution in [0.15, 0.2) is 65.1 Å². The Hall–Kier alpha value is -3.58. The van der Waals surface area contributed by atoms with Crippen molar-refractivity contribution in [3.8, 4) is 17.2 Å². The Morgan fingerprint density at radius 1 is 0.969 bits per heavy atom. The van der Waals surface area contributed by atoms with Crippen LogP contribution >= 0.6 is 15.9 Å². The van der Waals surface area contributed by atoms with Gasteiger partial charge in [0.05, 0.1) is 13.7 Å². The van der Waals surface area contributed by atoms with Crippen LogP contribution in [-0.4, -0.2) is 30.6 Å². The maximum absolute atomic E-state index is 13.6. The summed E-state index contributed by atoms with van der Waals surface area (Å²) in [7, 11) is 1.58. The van der Waals surface area contributed by atoms with E-state index in [9.17, 15) is 9.59 Å². The lowest BCUT2D eigenvalue weighted by molar-refractivity contribution is -0.123. The van der Waals surface area contributed by atoms with Gasteiger partial charge < -0.3 is 14.2 Å². The number of imide groups is 1. The van der Waals surface area contributed by atoms with Crippen LogP contribution in [0.25, 0.3) is 11.6 Å². The first-order chi connectivity index (χ1) is 15.5. The summed E-state index contributed by atoms with van der Waals surface area (Å²) < 4.78 is 17.1. The van der Waals surface area contributed by atoms with E-state index in [2.05, 4.69) is 15.9 Å². The highest BCUT2D eigenvalue weighted by atomic mass is 79.9. The van der Waals surface area contributed by atoms with Crippen LogP contribution in [-0.2, 0) is 11.3 Å². The summed E-state index contributed by atoms with van der Waals surface area (Å²) in [5.74, 6) is 1.19. The number of carbonyl (C=O) groups is 2. The number of hydrogen-bond donors (Lipinski definition) is 0. The first-order valence-electron chi connectivity index (χ1n) is 9.94. The minimum atomic E-state index is -0.367. The number of nitrogens with zero attached hydrogens (tertiary/aromatic N) is 1. The van der Waals surface area contributed by atoms with E-state index in [0.29, 0.717) is 33.9 Å². The molecule has 2 aliphatic rings. The summed E-state index contributed by atoms with van der Waals surface area (Å²) >= 11 is 3.47. The maximum atomic E-state index is 13.6. The normalized spacial score (nSPS) is 15.8. The van der Waals surface area contributed by atoms with Crippen LogP contribution in [0.1, 0.15) is 27.0 Å². The lowest BCUT2D eigenvalue weighted by Gasteiger charge is -2.29. The Morgan fingerprint density at radius 3 is 2.56 bits per heavy atom. The standard InChI is InChI=1S/C25H18BrNO5/c1-30-21-9-7-17(26)11-16(21)12-20-18-4-2-3-5-19(18)24(28)27(25(20)29)13-15-6-8-22-23(10-15)32-14-31-22/h2-12H,13-14H2,1H3/b20-12-. The molecule has 7 heteroatoms. The van der Waals surface area contributed by atoms with Gasteiger partial charge in [-0.05, 0) is 53.6 Å². The maximum Gasteiger partial charge on any atom is 0.261 e. The summed E-state index contributed by atoms with van der Waals surface area (Å²) in [4.78, 5) is 28.0. The van der Waals surface area contributed by atoms with Gasteiger partial charge in [0.2, 0.25) is 6.79 Å². The number of amides is 2. The number of ether oxygens (including phenoxy) is 3. The van der Waals surface area contributed by atoms with Crippen molar-refractivity contribution < 1.29 is 23.8 Å². The van der Waals surface area contributed by atoms with Crippen molar-refractivity contribution in [2.75, 3.05) is 13.9 Å². The van der Waals surface area contributed by atoms with Crippen LogP contribution in [0.2, 0.25) is 0 Å². The molecule has 2 aliphatic heterocycles. The van der Waals surface area contributed by atoms with E-state index >= 15 is 0 Å². The van der Waals surface area contributed by atoms with Crippen molar-refractivity contribution in [2.24, 2.45) is 0 Å². The largest absolute Gasteiger partial charge is 0.496 e. The summed E-state index contributed by atoms with van der Waals surface area (Å²) in [6.45, 7) is 0.282. The second-order valence-corrected chi connectivity index (χ2v) is 8.29. The highest BCUT2D eigenvalue weighted by Crippen LogP contribution is 2.36. The predicted octanol–water partition coefficient (Wildman–Crippen LogP) is 4.91. The van der Waals surface area contributed by atoms with Crippen molar-refractivity contribution in [3.05, 3.63) is 87.4 Å². The van der Waals surface area contributed by atoms with E-state index in [0.717, 1.165) is 15.6 Å². The highest BCUT2D eigenvalue weighted by molar-refractivity contribution is 9.10. The quantitative estimate of drug-likeness (QED) is 0.383. The Kier molecular flexibility index (Phi) is 5.19. The van der Waals surface area contributed by atoms with Crippen LogP contribution in [0.5, 0.6) is 17.2 Å². The third kappa shape index (κ3) is 3.54. The Labute approximate surface area is 193 Å². The minimum Gasteiger partial charge on any atom is -0.496 e. The second-order valence-electron chi connectivity index (χ2n) is 7.37. The van der Waals surface area contributed by atoms with Crippen molar-refractivity contribution in [2.45, 2.75) is 6.54 Å². The first kappa shape index (κ1) is 20.3. The zero-order valence-corrected chi connectivity index (χ0v) is 18.7. The SMILES string of the molecule is COc1ccc(Br)cc1/C=C1\C(=O)N(Cc2ccc3c(c2)OCO3)C(=O)c2ccccc21. The highest BCUT2D eigenvalue weighted by Gasteiger charge is 2.35. The molecular weight excluding hydrogens is 474 g/mol. The van der Waals surface area contributed by atoms with Gasteiger partial charge in [0, 0.05) is 21.2 Å². The topological polar surface area (TPSA) is 65.1 Å². The van der Waals surface area contributed by atoms with Gasteiger partial charge >= 0.3 is 0 Å². The van der Waals surface area contributed by atoms with Crippen molar-refractivity contribution in [3.63, 3.8) is 0 Å². The molecule has 0 atom stereocenters. The van der Waals surface area contributed by atoms with E-state index in [-0.39, 0.29) is 25.2 Å². The Morgan fingerprint density at radius 2 is 1.75 bits per heavy atom. The predicted molar refractivity (Wildman–Crippen MR) is 122 cm³/mol. The van der Waals surface area contributed by atoms with E-state index in [4.69, 9.17) is 14.2 Å². The van der Waals surface area contributed by atoms with E-state index in [1.54, 1.807) is 43.5 Å². The second kappa shape index (κ2) is 8.16. The molecule has 0 saturated carbocycles. The third-order valence-electron chi connectivity index (χ3n) is 5.44. The fourth-order valence-corrected chi connectivity index (χ4v) is 4.26. The number of benzene rings is 3. The summed E-state index contributed by atoms with van der Waals surface area (Å²) in [6, 6.07) is 18.1. The zero-order valence-electron chi connectivity index (χ0n) is 17.1. The van der Waals surface area contributed by atoms with Gasteiger partial charge in [0.15, 0.2) is 11.5 Å². The van der Waals surface area contributed by atoms with Crippen LogP contribution in [0.4, 0.5) is 0 Å². The Balaban J connectivity index is 1.58. The lowest BCUT2D eigenvalue weighted by atomic mass is 9.91. The van der Waals surface area contributed by atoms with Crippen LogP contribution in [0.3, 0.4) is 0 Å². The third-order valence-corrected chi connectivity index (χ3v) is 5.93. The molecule has 0 aromatic heterocycles. The van der Waals surface area contributed by atoms with E-state index in [1.165, 1.54) is 4.90 Å². The average Bonchev–Trinajstić information content (AvgIpc) is 3.27. The number of fused-ring (bicyclic) bond motifs is 2. The summed E-state index contributed by atoms with van der Waals surface area (Å²) in [5, 5.41) is 0. The minimum absolute atomic E-state index is 0.121. The molecular formula is C25H18BrNO5. The van der Waals surface area contributed by atoms with Crippen molar-refractivity contribution >= 4 is 39.4 Å². The Bertz CT molecular complexity index is 1280. The van der Waals surface area contributed by atoms with E-state index in [1.807, 2.05) is 30.3 Å². The fourth-order valence-electron chi connectivity index (χ4n) is 3.88. The monoisotopic (exact) mass is 491 g/mol.